The minimum Gasteiger partial charge on any atom is -0.387 e. The van der Waals surface area contributed by atoms with Crippen molar-refractivity contribution in [3.8, 4) is 0 Å². The van der Waals surface area contributed by atoms with E-state index in [4.69, 9.17) is 0 Å². The highest BCUT2D eigenvalue weighted by Gasteiger charge is 2.15. The second kappa shape index (κ2) is 6.83. The Balaban J connectivity index is 1.81. The lowest BCUT2D eigenvalue weighted by Gasteiger charge is -2.10. The number of benzene rings is 1. The van der Waals surface area contributed by atoms with Gasteiger partial charge in [-0.05, 0) is 34.5 Å². The summed E-state index contributed by atoms with van der Waals surface area (Å²) >= 11 is 1.46. The molecule has 0 radical (unpaired) electrons. The molecular weight excluding hydrogens is 276 g/mol. The number of amides is 2. The van der Waals surface area contributed by atoms with Crippen molar-refractivity contribution in [2.75, 3.05) is 11.9 Å². The average molecular weight is 290 g/mol. The summed E-state index contributed by atoms with van der Waals surface area (Å²) in [6, 6.07) is 10.5. The van der Waals surface area contributed by atoms with E-state index in [9.17, 15) is 14.7 Å². The van der Waals surface area contributed by atoms with Gasteiger partial charge in [0.25, 0.3) is 0 Å². The second-order valence-electron chi connectivity index (χ2n) is 4.10. The lowest BCUT2D eigenvalue weighted by atomic mass is 10.2. The third kappa shape index (κ3) is 3.91. The first-order chi connectivity index (χ1) is 9.66. The first-order valence-corrected chi connectivity index (χ1v) is 6.95. The number of aliphatic hydroxyl groups excluding tert-OH is 1. The number of rotatable bonds is 4. The molecule has 20 heavy (non-hydrogen) atoms. The number of para-hydroxylation sites is 1. The lowest BCUT2D eigenvalue weighted by Crippen LogP contribution is -2.37. The summed E-state index contributed by atoms with van der Waals surface area (Å²) in [5, 5.41) is 18.3. The normalized spacial score (nSPS) is 11.7. The third-order valence-electron chi connectivity index (χ3n) is 2.62. The molecule has 2 amide bonds. The van der Waals surface area contributed by atoms with Crippen molar-refractivity contribution >= 4 is 28.8 Å². The maximum absolute atomic E-state index is 11.6. The zero-order valence-corrected chi connectivity index (χ0v) is 11.4. The van der Waals surface area contributed by atoms with Crippen LogP contribution in [0.2, 0.25) is 0 Å². The first kappa shape index (κ1) is 14.2. The molecule has 3 N–H and O–H groups in total. The van der Waals surface area contributed by atoms with Crippen molar-refractivity contribution < 1.29 is 14.7 Å². The van der Waals surface area contributed by atoms with E-state index in [0.717, 1.165) is 5.56 Å². The number of hydrogen-bond acceptors (Lipinski definition) is 4. The number of thiophene rings is 1. The second-order valence-corrected chi connectivity index (χ2v) is 4.88. The summed E-state index contributed by atoms with van der Waals surface area (Å²) in [5.41, 5.74) is 1.27. The molecule has 0 saturated heterocycles. The van der Waals surface area contributed by atoms with Crippen molar-refractivity contribution in [1.29, 1.82) is 0 Å². The number of hydrogen-bond donors (Lipinski definition) is 3. The van der Waals surface area contributed by atoms with Crippen LogP contribution in [0.1, 0.15) is 11.7 Å². The van der Waals surface area contributed by atoms with Gasteiger partial charge in [0.15, 0.2) is 0 Å². The average Bonchev–Trinajstić information content (AvgIpc) is 2.99. The van der Waals surface area contributed by atoms with Crippen molar-refractivity contribution in [2.45, 2.75) is 6.10 Å². The monoisotopic (exact) mass is 290 g/mol. The lowest BCUT2D eigenvalue weighted by molar-refractivity contribution is -0.136. The summed E-state index contributed by atoms with van der Waals surface area (Å²) in [7, 11) is 0. The highest BCUT2D eigenvalue weighted by Crippen LogP contribution is 2.15. The third-order valence-corrected chi connectivity index (χ3v) is 3.32. The van der Waals surface area contributed by atoms with E-state index >= 15 is 0 Å². The molecule has 104 valence electrons. The predicted octanol–water partition coefficient (Wildman–Crippen LogP) is 1.54. The van der Waals surface area contributed by atoms with Gasteiger partial charge in [0.2, 0.25) is 0 Å². The number of anilines is 1. The van der Waals surface area contributed by atoms with E-state index in [-0.39, 0.29) is 6.54 Å². The number of nitrogens with one attached hydrogen (secondary N) is 2. The van der Waals surface area contributed by atoms with Gasteiger partial charge >= 0.3 is 11.8 Å². The summed E-state index contributed by atoms with van der Waals surface area (Å²) in [5.74, 6) is -1.53. The van der Waals surface area contributed by atoms with Crippen molar-refractivity contribution in [2.24, 2.45) is 0 Å². The zero-order chi connectivity index (χ0) is 14.4. The Labute approximate surface area is 120 Å². The fourth-order valence-corrected chi connectivity index (χ4v) is 2.27. The van der Waals surface area contributed by atoms with Gasteiger partial charge < -0.3 is 15.7 Å². The van der Waals surface area contributed by atoms with Crippen LogP contribution in [0.25, 0.3) is 0 Å². The van der Waals surface area contributed by atoms with Gasteiger partial charge in [0, 0.05) is 12.2 Å². The van der Waals surface area contributed by atoms with Gasteiger partial charge in [-0.15, -0.1) is 0 Å². The zero-order valence-electron chi connectivity index (χ0n) is 10.6. The van der Waals surface area contributed by atoms with Gasteiger partial charge in [-0.25, -0.2) is 0 Å². The molecule has 0 aliphatic carbocycles. The number of carbonyl (C=O) groups excluding carboxylic acids is 2. The molecule has 1 aromatic carbocycles. The Kier molecular flexibility index (Phi) is 4.86. The Bertz CT molecular complexity index is 569. The van der Waals surface area contributed by atoms with Gasteiger partial charge in [-0.1, -0.05) is 18.2 Å². The highest BCUT2D eigenvalue weighted by molar-refractivity contribution is 7.07. The fourth-order valence-electron chi connectivity index (χ4n) is 1.56. The Hall–Kier alpha value is -2.18. The van der Waals surface area contributed by atoms with Crippen LogP contribution in [0.5, 0.6) is 0 Å². The molecular formula is C14H14N2O3S. The van der Waals surface area contributed by atoms with Crippen LogP contribution in [0.4, 0.5) is 5.69 Å². The van der Waals surface area contributed by atoms with Crippen LogP contribution in [0.15, 0.2) is 47.2 Å². The van der Waals surface area contributed by atoms with Crippen LogP contribution >= 0.6 is 11.3 Å². The molecule has 0 aliphatic rings. The summed E-state index contributed by atoms with van der Waals surface area (Å²) in [6.07, 6.45) is -0.810. The van der Waals surface area contributed by atoms with E-state index in [1.54, 1.807) is 35.7 Å². The first-order valence-electron chi connectivity index (χ1n) is 6.01. The van der Waals surface area contributed by atoms with E-state index in [2.05, 4.69) is 10.6 Å². The molecule has 5 nitrogen and oxygen atoms in total. The van der Waals surface area contributed by atoms with Crippen LogP contribution < -0.4 is 10.6 Å². The van der Waals surface area contributed by atoms with Gasteiger partial charge in [-0.2, -0.15) is 11.3 Å². The molecule has 1 aromatic heterocycles. The van der Waals surface area contributed by atoms with Gasteiger partial charge in [-0.3, -0.25) is 9.59 Å². The van der Waals surface area contributed by atoms with Crippen molar-refractivity contribution in [3.05, 3.63) is 52.7 Å². The summed E-state index contributed by atoms with van der Waals surface area (Å²) in [6.45, 7) is -0.00221. The highest BCUT2D eigenvalue weighted by atomic mass is 32.1. The maximum atomic E-state index is 11.6. The Morgan fingerprint density at radius 1 is 1.15 bits per heavy atom. The largest absolute Gasteiger partial charge is 0.387 e. The van der Waals surface area contributed by atoms with Crippen LogP contribution in [-0.4, -0.2) is 23.5 Å². The summed E-state index contributed by atoms with van der Waals surface area (Å²) < 4.78 is 0. The smallest absolute Gasteiger partial charge is 0.313 e. The molecule has 2 aromatic rings. The quantitative estimate of drug-likeness (QED) is 0.747. The fraction of sp³-hybridized carbons (Fsp3) is 0.143. The van der Waals surface area contributed by atoms with E-state index < -0.39 is 17.9 Å². The van der Waals surface area contributed by atoms with Crippen molar-refractivity contribution in [3.63, 3.8) is 0 Å². The molecule has 0 bridgehead atoms. The summed E-state index contributed by atoms with van der Waals surface area (Å²) in [4.78, 5) is 23.2. The predicted molar refractivity (Wildman–Crippen MR) is 77.4 cm³/mol. The van der Waals surface area contributed by atoms with E-state index in [0.29, 0.717) is 5.69 Å². The molecule has 0 aliphatic heterocycles. The maximum Gasteiger partial charge on any atom is 0.313 e. The minimum absolute atomic E-state index is 0.00221. The van der Waals surface area contributed by atoms with Gasteiger partial charge in [0.05, 0.1) is 6.10 Å². The SMILES string of the molecule is O=C(NC[C@H](O)c1ccsc1)C(=O)Nc1ccccc1. The molecule has 6 heteroatoms. The minimum atomic E-state index is -0.810. The molecule has 0 saturated carbocycles. The van der Waals surface area contributed by atoms with E-state index in [1.165, 1.54) is 11.3 Å². The molecule has 0 spiro atoms. The van der Waals surface area contributed by atoms with Crippen molar-refractivity contribution in [1.82, 2.24) is 5.32 Å². The molecule has 1 atom stereocenters. The molecule has 1 heterocycles. The van der Waals surface area contributed by atoms with Crippen LogP contribution in [-0.2, 0) is 9.59 Å². The van der Waals surface area contributed by atoms with Crippen LogP contribution in [0.3, 0.4) is 0 Å². The van der Waals surface area contributed by atoms with Crippen LogP contribution in [0, 0.1) is 0 Å². The topological polar surface area (TPSA) is 78.4 Å². The number of carbonyl (C=O) groups is 2. The molecule has 2 rings (SSSR count). The van der Waals surface area contributed by atoms with Gasteiger partial charge in [0.1, 0.15) is 0 Å². The van der Waals surface area contributed by atoms with E-state index in [1.807, 2.05) is 11.4 Å². The Morgan fingerprint density at radius 3 is 2.55 bits per heavy atom. The molecule has 0 unspecified atom stereocenters. The standard InChI is InChI=1S/C14H14N2O3S/c17-12(10-6-7-20-9-10)8-15-13(18)14(19)16-11-4-2-1-3-5-11/h1-7,9,12,17H,8H2,(H,15,18)(H,16,19)/t12-/m0/s1. The number of aliphatic hydroxyl groups is 1. The Morgan fingerprint density at radius 2 is 1.90 bits per heavy atom. The molecule has 0 fully saturated rings.